The number of non-ortho nitro benzene ring substituents is 1. The Morgan fingerprint density at radius 2 is 1.06 bits per heavy atom. The topological polar surface area (TPSA) is 111 Å². The van der Waals surface area contributed by atoms with E-state index in [1.165, 1.54) is 24.3 Å². The van der Waals surface area contributed by atoms with E-state index in [1.54, 1.807) is 48.5 Å². The molecule has 0 fully saturated rings. The first-order valence-corrected chi connectivity index (χ1v) is 10.7. The van der Waals surface area contributed by atoms with Gasteiger partial charge in [-0.3, -0.25) is 19.7 Å². The maximum atomic E-state index is 12.6. The Balaban J connectivity index is 1.33. The molecule has 4 aromatic carbocycles. The highest BCUT2D eigenvalue weighted by Gasteiger charge is 2.11. The lowest BCUT2D eigenvalue weighted by Gasteiger charge is -2.09. The Bertz CT molecular complexity index is 1350. The van der Waals surface area contributed by atoms with E-state index in [0.29, 0.717) is 22.7 Å². The van der Waals surface area contributed by atoms with Crippen LogP contribution in [0.25, 0.3) is 0 Å². The van der Waals surface area contributed by atoms with Crippen LogP contribution in [0, 0.1) is 17.0 Å². The van der Waals surface area contributed by atoms with Crippen LogP contribution in [0.1, 0.15) is 26.3 Å². The van der Waals surface area contributed by atoms with E-state index < -0.39 is 10.8 Å². The minimum Gasteiger partial charge on any atom is -0.457 e. The number of anilines is 2. The monoisotopic (exact) mass is 467 g/mol. The van der Waals surface area contributed by atoms with E-state index in [0.717, 1.165) is 11.3 Å². The zero-order chi connectivity index (χ0) is 24.8. The summed E-state index contributed by atoms with van der Waals surface area (Å²) in [6.07, 6.45) is 0. The van der Waals surface area contributed by atoms with E-state index in [2.05, 4.69) is 10.6 Å². The van der Waals surface area contributed by atoms with Gasteiger partial charge in [-0.2, -0.15) is 0 Å². The van der Waals surface area contributed by atoms with Crippen LogP contribution in [0.15, 0.2) is 97.1 Å². The van der Waals surface area contributed by atoms with Gasteiger partial charge >= 0.3 is 0 Å². The highest BCUT2D eigenvalue weighted by molar-refractivity contribution is 6.06. The second kappa shape index (κ2) is 10.3. The third-order valence-electron chi connectivity index (χ3n) is 5.11. The predicted molar refractivity (Wildman–Crippen MR) is 133 cm³/mol. The maximum Gasteiger partial charge on any atom is 0.269 e. The summed E-state index contributed by atoms with van der Waals surface area (Å²) >= 11 is 0. The summed E-state index contributed by atoms with van der Waals surface area (Å²) < 4.78 is 5.79. The summed E-state index contributed by atoms with van der Waals surface area (Å²) in [6.45, 7) is 2.01. The molecule has 0 bridgehead atoms. The highest BCUT2D eigenvalue weighted by atomic mass is 16.6. The van der Waals surface area contributed by atoms with Crippen LogP contribution >= 0.6 is 0 Å². The van der Waals surface area contributed by atoms with E-state index >= 15 is 0 Å². The van der Waals surface area contributed by atoms with E-state index in [-0.39, 0.29) is 17.2 Å². The van der Waals surface area contributed by atoms with Crippen molar-refractivity contribution in [1.29, 1.82) is 0 Å². The maximum absolute atomic E-state index is 12.6. The average Bonchev–Trinajstić information content (AvgIpc) is 2.87. The molecule has 4 aromatic rings. The minimum atomic E-state index is -0.529. The number of amides is 2. The van der Waals surface area contributed by atoms with Gasteiger partial charge in [-0.05, 0) is 79.7 Å². The molecule has 0 aromatic heterocycles. The molecule has 4 rings (SSSR count). The summed E-state index contributed by atoms with van der Waals surface area (Å²) in [5, 5.41) is 16.3. The lowest BCUT2D eigenvalue weighted by Crippen LogP contribution is -2.13. The molecule has 35 heavy (non-hydrogen) atoms. The number of nitrogens with zero attached hydrogens (tertiary/aromatic N) is 1. The Hall–Kier alpha value is -4.98. The number of hydrogen-bond donors (Lipinski definition) is 2. The van der Waals surface area contributed by atoms with E-state index in [9.17, 15) is 19.7 Å². The number of carbonyl (C=O) groups excluding carboxylic acids is 2. The van der Waals surface area contributed by atoms with Crippen LogP contribution in [0.4, 0.5) is 17.1 Å². The zero-order valence-corrected chi connectivity index (χ0v) is 18.7. The number of nitro groups is 1. The fourth-order valence-electron chi connectivity index (χ4n) is 3.19. The molecule has 0 aliphatic heterocycles. The summed E-state index contributed by atoms with van der Waals surface area (Å²) in [5.41, 5.74) is 2.86. The number of hydrogen-bond acceptors (Lipinski definition) is 5. The molecule has 0 aliphatic rings. The Kier molecular flexibility index (Phi) is 6.83. The molecule has 0 heterocycles. The highest BCUT2D eigenvalue weighted by Crippen LogP contribution is 2.24. The number of ether oxygens (including phenoxy) is 1. The van der Waals surface area contributed by atoms with Gasteiger partial charge in [-0.25, -0.2) is 0 Å². The molecule has 8 heteroatoms. The molecule has 174 valence electrons. The Morgan fingerprint density at radius 1 is 0.657 bits per heavy atom. The minimum absolute atomic E-state index is 0.0923. The van der Waals surface area contributed by atoms with Crippen molar-refractivity contribution in [2.45, 2.75) is 6.92 Å². The van der Waals surface area contributed by atoms with Crippen molar-refractivity contribution >= 4 is 28.9 Å². The predicted octanol–water partition coefficient (Wildman–Crippen LogP) is 6.20. The van der Waals surface area contributed by atoms with Crippen LogP contribution < -0.4 is 15.4 Å². The van der Waals surface area contributed by atoms with Crippen LogP contribution in [-0.2, 0) is 0 Å². The SMILES string of the molecule is Cc1ccc(Oc2ccc(NC(=O)c3ccc(NC(=O)c4ccc([N+](=O)[O-])cc4)cc3)cc2)cc1. The van der Waals surface area contributed by atoms with Gasteiger partial charge in [0.05, 0.1) is 4.92 Å². The van der Waals surface area contributed by atoms with Gasteiger partial charge in [-0.15, -0.1) is 0 Å². The number of rotatable bonds is 7. The van der Waals surface area contributed by atoms with Crippen molar-refractivity contribution in [2.24, 2.45) is 0 Å². The molecule has 0 saturated heterocycles. The lowest BCUT2D eigenvalue weighted by atomic mass is 10.1. The normalized spacial score (nSPS) is 10.3. The Labute approximate surface area is 201 Å². The van der Waals surface area contributed by atoms with Crippen molar-refractivity contribution in [3.05, 3.63) is 124 Å². The zero-order valence-electron chi connectivity index (χ0n) is 18.7. The lowest BCUT2D eigenvalue weighted by molar-refractivity contribution is -0.384. The summed E-state index contributed by atoms with van der Waals surface area (Å²) in [7, 11) is 0. The number of carbonyl (C=O) groups is 2. The van der Waals surface area contributed by atoms with Gasteiger partial charge in [-0.1, -0.05) is 17.7 Å². The molecular weight excluding hydrogens is 446 g/mol. The van der Waals surface area contributed by atoms with Gasteiger partial charge in [0.2, 0.25) is 0 Å². The summed E-state index contributed by atoms with van der Waals surface area (Å²) in [5.74, 6) is 0.670. The molecule has 0 aliphatic carbocycles. The second-order valence-corrected chi connectivity index (χ2v) is 7.73. The molecule has 0 unspecified atom stereocenters. The van der Waals surface area contributed by atoms with E-state index in [4.69, 9.17) is 4.74 Å². The van der Waals surface area contributed by atoms with Gasteiger partial charge in [0.25, 0.3) is 17.5 Å². The quantitative estimate of drug-likeness (QED) is 0.248. The fraction of sp³-hybridized carbons (Fsp3) is 0.0370. The van der Waals surface area contributed by atoms with Crippen LogP contribution in [0.3, 0.4) is 0 Å². The smallest absolute Gasteiger partial charge is 0.269 e. The Morgan fingerprint density at radius 3 is 1.51 bits per heavy atom. The molecule has 0 saturated carbocycles. The van der Waals surface area contributed by atoms with Crippen LogP contribution in [-0.4, -0.2) is 16.7 Å². The van der Waals surface area contributed by atoms with Gasteiger partial charge < -0.3 is 15.4 Å². The fourth-order valence-corrected chi connectivity index (χ4v) is 3.19. The van der Waals surface area contributed by atoms with Crippen LogP contribution in [0.2, 0.25) is 0 Å². The first-order valence-electron chi connectivity index (χ1n) is 10.7. The third-order valence-corrected chi connectivity index (χ3v) is 5.11. The second-order valence-electron chi connectivity index (χ2n) is 7.73. The summed E-state index contributed by atoms with van der Waals surface area (Å²) in [4.78, 5) is 35.1. The molecule has 0 radical (unpaired) electrons. The van der Waals surface area contributed by atoms with Crippen LogP contribution in [0.5, 0.6) is 11.5 Å². The van der Waals surface area contributed by atoms with Crippen molar-refractivity contribution in [3.8, 4) is 11.5 Å². The van der Waals surface area contributed by atoms with E-state index in [1.807, 2.05) is 31.2 Å². The number of benzene rings is 4. The van der Waals surface area contributed by atoms with Crippen molar-refractivity contribution < 1.29 is 19.2 Å². The molecule has 0 atom stereocenters. The number of nitro benzene ring substituents is 1. The van der Waals surface area contributed by atoms with Crippen molar-refractivity contribution in [1.82, 2.24) is 0 Å². The molecular formula is C27H21N3O5. The first kappa shape index (κ1) is 23.2. The molecule has 2 amide bonds. The van der Waals surface area contributed by atoms with Crippen molar-refractivity contribution in [2.75, 3.05) is 10.6 Å². The average molecular weight is 467 g/mol. The standard InChI is InChI=1S/C27H21N3O5/c1-18-2-14-24(15-3-18)35-25-16-10-22(11-17-25)29-26(31)19-4-8-21(9-5-19)28-27(32)20-6-12-23(13-7-20)30(33)34/h2-17H,1H3,(H,28,32)(H,29,31). The third kappa shape index (κ3) is 6.08. The van der Waals surface area contributed by atoms with Gasteiger partial charge in [0, 0.05) is 34.6 Å². The van der Waals surface area contributed by atoms with Gasteiger partial charge in [0.15, 0.2) is 0 Å². The largest absolute Gasteiger partial charge is 0.457 e. The number of nitrogens with one attached hydrogen (secondary N) is 2. The molecule has 0 spiro atoms. The first-order chi connectivity index (χ1) is 16.9. The molecule has 2 N–H and O–H groups in total. The summed E-state index contributed by atoms with van der Waals surface area (Å²) in [6, 6.07) is 26.5. The molecule has 8 nitrogen and oxygen atoms in total. The number of aryl methyl sites for hydroxylation is 1. The van der Waals surface area contributed by atoms with Gasteiger partial charge in [0.1, 0.15) is 11.5 Å². The van der Waals surface area contributed by atoms with Crippen molar-refractivity contribution in [3.63, 3.8) is 0 Å².